The van der Waals surface area contributed by atoms with E-state index in [1.807, 2.05) is 6.92 Å². The lowest BCUT2D eigenvalue weighted by molar-refractivity contribution is 0.0939. The van der Waals surface area contributed by atoms with E-state index in [4.69, 9.17) is 9.47 Å². The van der Waals surface area contributed by atoms with E-state index in [1.54, 1.807) is 32.4 Å². The zero-order valence-corrected chi connectivity index (χ0v) is 15.8. The van der Waals surface area contributed by atoms with E-state index in [0.29, 0.717) is 17.1 Å². The van der Waals surface area contributed by atoms with Crippen LogP contribution in [0.1, 0.15) is 55.2 Å². The quantitative estimate of drug-likeness (QED) is 0.871. The van der Waals surface area contributed by atoms with Gasteiger partial charge in [0, 0.05) is 5.56 Å². The molecule has 134 valence electrons. The molecule has 0 aliphatic rings. The van der Waals surface area contributed by atoms with Crippen molar-refractivity contribution in [3.8, 4) is 11.5 Å². The predicted molar refractivity (Wildman–Crippen MR) is 101 cm³/mol. The van der Waals surface area contributed by atoms with Crippen molar-refractivity contribution in [2.75, 3.05) is 14.2 Å². The van der Waals surface area contributed by atoms with Gasteiger partial charge in [0.1, 0.15) is 0 Å². The van der Waals surface area contributed by atoms with Gasteiger partial charge >= 0.3 is 0 Å². The van der Waals surface area contributed by atoms with Gasteiger partial charge in [-0.1, -0.05) is 45.0 Å². The van der Waals surface area contributed by atoms with Gasteiger partial charge in [-0.05, 0) is 41.7 Å². The monoisotopic (exact) mass is 341 g/mol. The van der Waals surface area contributed by atoms with Crippen LogP contribution in [0.5, 0.6) is 11.5 Å². The highest BCUT2D eigenvalue weighted by Gasteiger charge is 2.16. The lowest BCUT2D eigenvalue weighted by Gasteiger charge is -2.21. The van der Waals surface area contributed by atoms with Crippen LogP contribution in [0.25, 0.3) is 0 Å². The summed E-state index contributed by atoms with van der Waals surface area (Å²) in [6, 6.07) is 13.4. The third-order valence-electron chi connectivity index (χ3n) is 4.27. The van der Waals surface area contributed by atoms with E-state index in [1.165, 1.54) is 5.56 Å². The average Bonchev–Trinajstić information content (AvgIpc) is 2.60. The van der Waals surface area contributed by atoms with Crippen molar-refractivity contribution in [1.82, 2.24) is 5.32 Å². The van der Waals surface area contributed by atoms with Crippen molar-refractivity contribution >= 4 is 5.91 Å². The van der Waals surface area contributed by atoms with Crippen LogP contribution in [0.2, 0.25) is 0 Å². The van der Waals surface area contributed by atoms with E-state index in [2.05, 4.69) is 50.4 Å². The largest absolute Gasteiger partial charge is 0.493 e. The molecule has 0 spiro atoms. The van der Waals surface area contributed by atoms with Crippen molar-refractivity contribution in [1.29, 1.82) is 0 Å². The molecule has 0 saturated carbocycles. The minimum atomic E-state index is -0.145. The van der Waals surface area contributed by atoms with Gasteiger partial charge in [-0.3, -0.25) is 4.79 Å². The first-order valence-corrected chi connectivity index (χ1v) is 8.39. The van der Waals surface area contributed by atoms with Gasteiger partial charge in [0.15, 0.2) is 11.5 Å². The molecule has 2 aromatic rings. The number of amides is 1. The van der Waals surface area contributed by atoms with E-state index in [0.717, 1.165) is 5.56 Å². The van der Waals surface area contributed by atoms with Gasteiger partial charge < -0.3 is 14.8 Å². The maximum absolute atomic E-state index is 12.5. The molecular weight excluding hydrogens is 314 g/mol. The second kappa shape index (κ2) is 7.60. The molecule has 0 unspecified atom stereocenters. The first-order chi connectivity index (χ1) is 11.8. The summed E-state index contributed by atoms with van der Waals surface area (Å²) in [5.74, 6) is 0.996. The standard InChI is InChI=1S/C21H27NO3/c1-14(15-7-10-17(11-8-15)21(2,3)4)22-20(23)16-9-12-18(24-5)19(13-16)25-6/h7-14H,1-6H3,(H,22,23)/t14-/m0/s1. The number of benzene rings is 2. The fourth-order valence-corrected chi connectivity index (χ4v) is 2.61. The third-order valence-corrected chi connectivity index (χ3v) is 4.27. The molecule has 0 saturated heterocycles. The topological polar surface area (TPSA) is 47.6 Å². The van der Waals surface area contributed by atoms with Crippen LogP contribution in [-0.2, 0) is 5.41 Å². The highest BCUT2D eigenvalue weighted by molar-refractivity contribution is 5.95. The summed E-state index contributed by atoms with van der Waals surface area (Å²) in [6.07, 6.45) is 0. The normalized spacial score (nSPS) is 12.4. The van der Waals surface area contributed by atoms with E-state index in [9.17, 15) is 4.79 Å². The number of carbonyl (C=O) groups is 1. The molecule has 0 fully saturated rings. The first-order valence-electron chi connectivity index (χ1n) is 8.39. The summed E-state index contributed by atoms with van der Waals surface area (Å²) in [5, 5.41) is 3.02. The van der Waals surface area contributed by atoms with Gasteiger partial charge in [0.05, 0.1) is 20.3 Å². The summed E-state index contributed by atoms with van der Waals surface area (Å²) in [5.41, 5.74) is 3.00. The molecule has 1 amide bonds. The highest BCUT2D eigenvalue weighted by Crippen LogP contribution is 2.28. The Bertz CT molecular complexity index is 730. The van der Waals surface area contributed by atoms with Crippen molar-refractivity contribution < 1.29 is 14.3 Å². The Hall–Kier alpha value is -2.49. The molecular formula is C21H27NO3. The average molecular weight is 341 g/mol. The van der Waals surface area contributed by atoms with Crippen molar-refractivity contribution in [2.45, 2.75) is 39.2 Å². The Labute approximate surface area is 150 Å². The predicted octanol–water partition coefficient (Wildman–Crippen LogP) is 4.49. The van der Waals surface area contributed by atoms with Gasteiger partial charge in [0.25, 0.3) is 5.91 Å². The zero-order chi connectivity index (χ0) is 18.6. The minimum Gasteiger partial charge on any atom is -0.493 e. The SMILES string of the molecule is COc1ccc(C(=O)N[C@@H](C)c2ccc(C(C)(C)C)cc2)cc1OC. The molecule has 2 rings (SSSR count). The summed E-state index contributed by atoms with van der Waals surface area (Å²) >= 11 is 0. The Morgan fingerprint density at radius 1 is 0.960 bits per heavy atom. The maximum Gasteiger partial charge on any atom is 0.251 e. The van der Waals surface area contributed by atoms with Crippen LogP contribution in [0.15, 0.2) is 42.5 Å². The molecule has 1 atom stereocenters. The lowest BCUT2D eigenvalue weighted by Crippen LogP contribution is -2.26. The number of hydrogen-bond acceptors (Lipinski definition) is 3. The minimum absolute atomic E-state index is 0.0883. The number of hydrogen-bond donors (Lipinski definition) is 1. The third kappa shape index (κ3) is 4.53. The fourth-order valence-electron chi connectivity index (χ4n) is 2.61. The zero-order valence-electron chi connectivity index (χ0n) is 15.8. The Kier molecular flexibility index (Phi) is 5.73. The number of nitrogens with one attached hydrogen (secondary N) is 1. The van der Waals surface area contributed by atoms with Gasteiger partial charge in [-0.15, -0.1) is 0 Å². The Morgan fingerprint density at radius 2 is 1.56 bits per heavy atom. The van der Waals surface area contributed by atoms with E-state index < -0.39 is 0 Å². The van der Waals surface area contributed by atoms with Crippen LogP contribution in [-0.4, -0.2) is 20.1 Å². The number of carbonyl (C=O) groups excluding carboxylic acids is 1. The Morgan fingerprint density at radius 3 is 2.08 bits per heavy atom. The molecule has 4 heteroatoms. The van der Waals surface area contributed by atoms with Crippen molar-refractivity contribution in [3.63, 3.8) is 0 Å². The molecule has 0 heterocycles. The molecule has 0 bridgehead atoms. The second-order valence-corrected chi connectivity index (χ2v) is 7.14. The van der Waals surface area contributed by atoms with Crippen LogP contribution < -0.4 is 14.8 Å². The Balaban J connectivity index is 2.12. The number of methoxy groups -OCH3 is 2. The summed E-state index contributed by atoms with van der Waals surface area (Å²) in [4.78, 5) is 12.5. The van der Waals surface area contributed by atoms with Gasteiger partial charge in [-0.2, -0.15) is 0 Å². The molecule has 0 radical (unpaired) electrons. The molecule has 0 aliphatic carbocycles. The van der Waals surface area contributed by atoms with Gasteiger partial charge in [-0.25, -0.2) is 0 Å². The number of rotatable bonds is 5. The van der Waals surface area contributed by atoms with Gasteiger partial charge in [0.2, 0.25) is 0 Å². The molecule has 1 N–H and O–H groups in total. The summed E-state index contributed by atoms with van der Waals surface area (Å²) in [6.45, 7) is 8.53. The molecule has 2 aromatic carbocycles. The van der Waals surface area contributed by atoms with Crippen LogP contribution in [0.3, 0.4) is 0 Å². The van der Waals surface area contributed by atoms with Crippen molar-refractivity contribution in [3.05, 3.63) is 59.2 Å². The first kappa shape index (κ1) is 18.8. The smallest absolute Gasteiger partial charge is 0.251 e. The fraction of sp³-hybridized carbons (Fsp3) is 0.381. The molecule has 4 nitrogen and oxygen atoms in total. The molecule has 0 aliphatic heterocycles. The van der Waals surface area contributed by atoms with E-state index >= 15 is 0 Å². The van der Waals surface area contributed by atoms with Crippen molar-refractivity contribution in [2.24, 2.45) is 0 Å². The van der Waals surface area contributed by atoms with Crippen LogP contribution >= 0.6 is 0 Å². The second-order valence-electron chi connectivity index (χ2n) is 7.14. The van der Waals surface area contributed by atoms with E-state index in [-0.39, 0.29) is 17.4 Å². The van der Waals surface area contributed by atoms with Crippen LogP contribution in [0, 0.1) is 0 Å². The molecule has 0 aromatic heterocycles. The molecule has 25 heavy (non-hydrogen) atoms. The highest BCUT2D eigenvalue weighted by atomic mass is 16.5. The van der Waals surface area contributed by atoms with Crippen LogP contribution in [0.4, 0.5) is 0 Å². The lowest BCUT2D eigenvalue weighted by atomic mass is 9.86. The summed E-state index contributed by atoms with van der Waals surface area (Å²) < 4.78 is 10.5. The maximum atomic E-state index is 12.5. The summed E-state index contributed by atoms with van der Waals surface area (Å²) in [7, 11) is 3.12. The number of ether oxygens (including phenoxy) is 2.